The van der Waals surface area contributed by atoms with Crippen LogP contribution in [0.2, 0.25) is 0 Å². The van der Waals surface area contributed by atoms with Crippen LogP contribution in [0, 0.1) is 0 Å². The molecule has 0 aromatic carbocycles. The zero-order chi connectivity index (χ0) is 8.36. The first-order valence-electron chi connectivity index (χ1n) is 2.47. The lowest BCUT2D eigenvalue weighted by Crippen LogP contribution is -1.95. The molecule has 1 atom stereocenters. The second kappa shape index (κ2) is 3.56. The molecule has 1 unspecified atom stereocenters. The molecule has 0 aromatic heterocycles. The van der Waals surface area contributed by atoms with Crippen molar-refractivity contribution < 1.29 is 9.36 Å². The molecule has 0 heterocycles. The third-order valence-corrected chi connectivity index (χ3v) is 2.32. The molecule has 5 heteroatoms. The van der Waals surface area contributed by atoms with Gasteiger partial charge in [-0.1, -0.05) is 17.8 Å². The van der Waals surface area contributed by atoms with E-state index in [1.165, 1.54) is 6.66 Å². The van der Waals surface area contributed by atoms with Crippen LogP contribution in [0.4, 0.5) is 0 Å². The van der Waals surface area contributed by atoms with Gasteiger partial charge < -0.3 is 4.57 Å². The highest BCUT2D eigenvalue weighted by atomic mass is 35.7. The first-order chi connectivity index (χ1) is 4.33. The minimum atomic E-state index is -2.71. The number of hydrogen-bond acceptors (Lipinski definition) is 2. The minimum Gasteiger partial charge on any atom is -0.307 e. The van der Waals surface area contributed by atoms with Gasteiger partial charge in [0.2, 0.25) is 5.24 Å². The molecule has 0 aliphatic rings. The average Bonchev–Trinajstić information content (AvgIpc) is 1.60. The van der Waals surface area contributed by atoms with Crippen molar-refractivity contribution in [2.45, 2.75) is 0 Å². The van der Waals surface area contributed by atoms with E-state index in [0.717, 1.165) is 0 Å². The predicted octanol–water partition coefficient (Wildman–Crippen LogP) is 2.45. The highest BCUT2D eigenvalue weighted by Crippen LogP contribution is 2.48. The molecule has 0 spiro atoms. The van der Waals surface area contributed by atoms with E-state index in [-0.39, 0.29) is 11.7 Å². The van der Waals surface area contributed by atoms with Crippen molar-refractivity contribution in [1.29, 1.82) is 0 Å². The Hall–Kier alpha value is 0.220. The van der Waals surface area contributed by atoms with Crippen LogP contribution in [-0.4, -0.2) is 18.1 Å². The summed E-state index contributed by atoms with van der Waals surface area (Å²) in [5.41, 5.74) is 0.0995. The maximum absolute atomic E-state index is 10.8. The summed E-state index contributed by atoms with van der Waals surface area (Å²) >= 11 is 10.4. The summed E-state index contributed by atoms with van der Waals surface area (Å²) in [6.45, 7) is 1.95. The Balaban J connectivity index is 4.07. The molecule has 0 aliphatic heterocycles. The second-order valence-corrected chi connectivity index (χ2v) is 6.80. The zero-order valence-corrected chi connectivity index (χ0v) is 7.84. The topological polar surface area (TPSA) is 34.1 Å². The van der Waals surface area contributed by atoms with E-state index in [1.807, 2.05) is 0 Å². The summed E-state index contributed by atoms with van der Waals surface area (Å²) in [4.78, 5) is 10.3. The van der Waals surface area contributed by atoms with E-state index in [2.05, 4.69) is 6.58 Å². The van der Waals surface area contributed by atoms with Crippen molar-refractivity contribution in [3.05, 3.63) is 12.2 Å². The number of rotatable bonds is 3. The summed E-state index contributed by atoms with van der Waals surface area (Å²) in [7, 11) is 0. The Bertz CT molecular complexity index is 206. The zero-order valence-electron chi connectivity index (χ0n) is 5.43. The van der Waals surface area contributed by atoms with E-state index in [9.17, 15) is 9.36 Å². The van der Waals surface area contributed by atoms with E-state index >= 15 is 0 Å². The van der Waals surface area contributed by atoms with E-state index in [1.54, 1.807) is 0 Å². The lowest BCUT2D eigenvalue weighted by molar-refractivity contribution is -0.108. The fraction of sp³-hybridized carbons (Fsp3) is 0.400. The number of carbonyl (C=O) groups excluding carboxylic acids is 1. The predicted molar refractivity (Wildman–Crippen MR) is 44.3 cm³/mol. The Morgan fingerprint density at radius 3 is 2.20 bits per heavy atom. The highest BCUT2D eigenvalue weighted by Gasteiger charge is 2.15. The number of halogens is 2. The van der Waals surface area contributed by atoms with Gasteiger partial charge in [0.1, 0.15) is 0 Å². The molecular weight excluding hydrogens is 194 g/mol. The Morgan fingerprint density at radius 1 is 1.70 bits per heavy atom. The Kier molecular flexibility index (Phi) is 3.64. The fourth-order valence-electron chi connectivity index (χ4n) is 0.403. The average molecular weight is 201 g/mol. The number of carbonyl (C=O) groups is 1. The maximum Gasteiger partial charge on any atom is 0.248 e. The van der Waals surface area contributed by atoms with Crippen LogP contribution in [-0.2, 0) is 9.36 Å². The van der Waals surface area contributed by atoms with Crippen molar-refractivity contribution in [1.82, 2.24) is 0 Å². The van der Waals surface area contributed by atoms with Crippen LogP contribution in [0.25, 0.3) is 0 Å². The molecule has 0 fully saturated rings. The largest absolute Gasteiger partial charge is 0.307 e. The van der Waals surface area contributed by atoms with Gasteiger partial charge in [0.15, 0.2) is 6.49 Å². The van der Waals surface area contributed by atoms with Crippen LogP contribution in [0.1, 0.15) is 0 Å². The molecule has 0 amide bonds. The number of hydrogen-bond donors (Lipinski definition) is 0. The third kappa shape index (κ3) is 5.04. The van der Waals surface area contributed by atoms with Gasteiger partial charge in [0.05, 0.1) is 0 Å². The minimum absolute atomic E-state index is 0.0170. The van der Waals surface area contributed by atoms with Gasteiger partial charge in [-0.2, -0.15) is 0 Å². The third-order valence-electron chi connectivity index (χ3n) is 0.751. The lowest BCUT2D eigenvalue weighted by Gasteiger charge is -2.01. The van der Waals surface area contributed by atoms with Gasteiger partial charge in [0, 0.05) is 18.4 Å². The first-order valence-corrected chi connectivity index (χ1v) is 6.09. The normalized spacial score (nSPS) is 15.9. The fourth-order valence-corrected chi connectivity index (χ4v) is 1.82. The molecule has 0 radical (unpaired) electrons. The molecule has 0 aromatic rings. The van der Waals surface area contributed by atoms with E-state index in [4.69, 9.17) is 22.8 Å². The monoisotopic (exact) mass is 200 g/mol. The summed E-state index contributed by atoms with van der Waals surface area (Å²) in [5, 5.41) is -0.678. The lowest BCUT2D eigenvalue weighted by atomic mass is 10.4. The molecular formula is C5H7Cl2O2P. The number of allylic oxidation sites excluding steroid dienone is 1. The second-order valence-electron chi connectivity index (χ2n) is 2.02. The van der Waals surface area contributed by atoms with Gasteiger partial charge in [0.25, 0.3) is 0 Å². The summed E-state index contributed by atoms with van der Waals surface area (Å²) in [6, 6.07) is 0. The van der Waals surface area contributed by atoms with Crippen molar-refractivity contribution in [2.75, 3.05) is 12.8 Å². The van der Waals surface area contributed by atoms with Gasteiger partial charge in [-0.25, -0.2) is 0 Å². The van der Waals surface area contributed by atoms with Crippen molar-refractivity contribution in [2.24, 2.45) is 0 Å². The van der Waals surface area contributed by atoms with Crippen molar-refractivity contribution in [3.63, 3.8) is 0 Å². The molecule has 0 saturated heterocycles. The van der Waals surface area contributed by atoms with Crippen LogP contribution < -0.4 is 0 Å². The van der Waals surface area contributed by atoms with Gasteiger partial charge in [-0.3, -0.25) is 4.79 Å². The molecule has 0 bridgehead atoms. The SMILES string of the molecule is C=C(CP(C)(=O)Cl)C(=O)Cl. The smallest absolute Gasteiger partial charge is 0.248 e. The molecule has 0 saturated carbocycles. The molecule has 58 valence electrons. The van der Waals surface area contributed by atoms with Crippen molar-refractivity contribution >= 4 is 34.6 Å². The summed E-state index contributed by atoms with van der Waals surface area (Å²) in [5.74, 6) is 0. The maximum atomic E-state index is 10.8. The summed E-state index contributed by atoms with van der Waals surface area (Å²) in [6.07, 6.45) is -0.0170. The molecule has 2 nitrogen and oxygen atoms in total. The molecule has 10 heavy (non-hydrogen) atoms. The molecule has 0 aliphatic carbocycles. The quantitative estimate of drug-likeness (QED) is 0.399. The van der Waals surface area contributed by atoms with Crippen LogP contribution in [0.5, 0.6) is 0 Å². The van der Waals surface area contributed by atoms with Gasteiger partial charge >= 0.3 is 0 Å². The molecule has 0 rings (SSSR count). The van der Waals surface area contributed by atoms with Gasteiger partial charge in [-0.15, -0.1) is 0 Å². The van der Waals surface area contributed by atoms with Crippen molar-refractivity contribution in [3.8, 4) is 0 Å². The van der Waals surface area contributed by atoms with Crippen LogP contribution in [0.3, 0.4) is 0 Å². The van der Waals surface area contributed by atoms with E-state index < -0.39 is 11.7 Å². The van der Waals surface area contributed by atoms with Crippen LogP contribution >= 0.6 is 29.3 Å². The van der Waals surface area contributed by atoms with Crippen LogP contribution in [0.15, 0.2) is 12.2 Å². The first kappa shape index (κ1) is 10.2. The standard InChI is InChI=1S/C5H7Cl2O2P/c1-4(5(6)8)3-10(2,7)9/h1,3H2,2H3. The van der Waals surface area contributed by atoms with E-state index in [0.29, 0.717) is 0 Å². The highest BCUT2D eigenvalue weighted by molar-refractivity contribution is 7.88. The van der Waals surface area contributed by atoms with Gasteiger partial charge in [-0.05, 0) is 11.6 Å². The Morgan fingerprint density at radius 2 is 2.10 bits per heavy atom. The Labute approximate surface area is 69.4 Å². The summed E-state index contributed by atoms with van der Waals surface area (Å²) < 4.78 is 10.8. The molecule has 0 N–H and O–H groups in total.